The third kappa shape index (κ3) is 4.40. The minimum absolute atomic E-state index is 0.0137. The molecule has 0 bridgehead atoms. The van der Waals surface area contributed by atoms with E-state index in [1.54, 1.807) is 18.2 Å². The second-order valence-electron chi connectivity index (χ2n) is 5.41. The Balaban J connectivity index is 2.09. The van der Waals surface area contributed by atoms with Gasteiger partial charge in [0.25, 0.3) is 0 Å². The zero-order valence-electron chi connectivity index (χ0n) is 12.6. The lowest BCUT2D eigenvalue weighted by molar-refractivity contribution is -0.126. The van der Waals surface area contributed by atoms with Crippen LogP contribution >= 0.6 is 0 Å². The van der Waals surface area contributed by atoms with E-state index >= 15 is 0 Å². The lowest BCUT2D eigenvalue weighted by Crippen LogP contribution is -2.39. The normalized spacial score (nSPS) is 17.3. The van der Waals surface area contributed by atoms with E-state index in [2.05, 4.69) is 15.4 Å². The molecule has 1 unspecified atom stereocenters. The molecular formula is C16H22F2N2O2. The summed E-state index contributed by atoms with van der Waals surface area (Å²) in [6, 6.07) is 6.29. The van der Waals surface area contributed by atoms with Gasteiger partial charge < -0.3 is 15.4 Å². The predicted octanol–water partition coefficient (Wildman–Crippen LogP) is 2.85. The van der Waals surface area contributed by atoms with Crippen molar-refractivity contribution in [3.8, 4) is 5.75 Å². The van der Waals surface area contributed by atoms with Crippen LogP contribution in [0.1, 0.15) is 37.8 Å². The van der Waals surface area contributed by atoms with Crippen molar-refractivity contribution in [3.05, 3.63) is 29.8 Å². The second-order valence-corrected chi connectivity index (χ2v) is 5.41. The Hall–Kier alpha value is -1.69. The summed E-state index contributed by atoms with van der Waals surface area (Å²) in [5.74, 6) is 0.0913. The highest BCUT2D eigenvalue weighted by Crippen LogP contribution is 2.29. The summed E-state index contributed by atoms with van der Waals surface area (Å²) in [6.07, 6.45) is 2.22. The molecule has 2 N–H and O–H groups in total. The van der Waals surface area contributed by atoms with E-state index in [9.17, 15) is 13.6 Å². The van der Waals surface area contributed by atoms with Crippen molar-refractivity contribution in [2.24, 2.45) is 5.92 Å². The number of piperidine rings is 1. The molecule has 4 nitrogen and oxygen atoms in total. The van der Waals surface area contributed by atoms with Gasteiger partial charge in [0.2, 0.25) is 5.91 Å². The molecule has 1 atom stereocenters. The molecule has 0 aliphatic carbocycles. The molecule has 0 aromatic heterocycles. The monoisotopic (exact) mass is 312 g/mol. The number of hydrogen-bond donors (Lipinski definition) is 2. The van der Waals surface area contributed by atoms with E-state index in [1.807, 2.05) is 6.92 Å². The maximum absolute atomic E-state index is 12.5. The van der Waals surface area contributed by atoms with E-state index in [0.717, 1.165) is 25.9 Å². The van der Waals surface area contributed by atoms with Crippen LogP contribution < -0.4 is 15.4 Å². The number of alkyl halides is 2. The molecule has 1 aromatic carbocycles. The highest BCUT2D eigenvalue weighted by atomic mass is 19.3. The average Bonchev–Trinajstić information content (AvgIpc) is 2.53. The number of ether oxygens (including phenoxy) is 1. The first-order valence-corrected chi connectivity index (χ1v) is 7.66. The molecule has 6 heteroatoms. The SMILES string of the molecule is CCC(NC(=O)C1CCNCC1)c1ccccc1OC(F)F. The van der Waals surface area contributed by atoms with Crippen LogP contribution in [0, 0.1) is 5.92 Å². The molecule has 2 rings (SSSR count). The van der Waals surface area contributed by atoms with Crippen LogP contribution in [0.15, 0.2) is 24.3 Å². The topological polar surface area (TPSA) is 50.4 Å². The van der Waals surface area contributed by atoms with Crippen molar-refractivity contribution in [2.45, 2.75) is 38.8 Å². The molecule has 1 amide bonds. The maximum atomic E-state index is 12.5. The zero-order chi connectivity index (χ0) is 15.9. The molecule has 1 saturated heterocycles. The highest BCUT2D eigenvalue weighted by Gasteiger charge is 2.24. The van der Waals surface area contributed by atoms with Gasteiger partial charge in [-0.1, -0.05) is 25.1 Å². The molecule has 1 aliphatic heterocycles. The lowest BCUT2D eigenvalue weighted by atomic mass is 9.95. The van der Waals surface area contributed by atoms with Crippen molar-refractivity contribution in [3.63, 3.8) is 0 Å². The number of amides is 1. The predicted molar refractivity (Wildman–Crippen MR) is 79.8 cm³/mol. The summed E-state index contributed by atoms with van der Waals surface area (Å²) in [7, 11) is 0. The third-order valence-corrected chi connectivity index (χ3v) is 3.95. The van der Waals surface area contributed by atoms with Crippen LogP contribution in [-0.2, 0) is 4.79 Å². The number of para-hydroxylation sites is 1. The van der Waals surface area contributed by atoms with Crippen LogP contribution in [0.5, 0.6) is 5.75 Å². The largest absolute Gasteiger partial charge is 0.434 e. The first-order valence-electron chi connectivity index (χ1n) is 7.66. The fourth-order valence-electron chi connectivity index (χ4n) is 2.75. The number of hydrogen-bond acceptors (Lipinski definition) is 3. The Labute approximate surface area is 129 Å². The van der Waals surface area contributed by atoms with Crippen molar-refractivity contribution in [1.29, 1.82) is 0 Å². The highest BCUT2D eigenvalue weighted by molar-refractivity contribution is 5.79. The van der Waals surface area contributed by atoms with Gasteiger partial charge in [-0.25, -0.2) is 0 Å². The third-order valence-electron chi connectivity index (χ3n) is 3.95. The molecular weight excluding hydrogens is 290 g/mol. The van der Waals surface area contributed by atoms with Crippen LogP contribution in [0.4, 0.5) is 8.78 Å². The molecule has 0 spiro atoms. The second kappa shape index (κ2) is 8.08. The van der Waals surface area contributed by atoms with E-state index in [4.69, 9.17) is 0 Å². The van der Waals surface area contributed by atoms with Crippen molar-refractivity contribution in [2.75, 3.05) is 13.1 Å². The van der Waals surface area contributed by atoms with Crippen molar-refractivity contribution < 1.29 is 18.3 Å². The summed E-state index contributed by atoms with van der Waals surface area (Å²) in [4.78, 5) is 12.3. The molecule has 0 saturated carbocycles. The average molecular weight is 312 g/mol. The summed E-state index contributed by atoms with van der Waals surface area (Å²) in [6.45, 7) is 0.700. The van der Waals surface area contributed by atoms with Crippen molar-refractivity contribution in [1.82, 2.24) is 10.6 Å². The molecule has 1 aliphatic rings. The van der Waals surface area contributed by atoms with Crippen LogP contribution in [0.3, 0.4) is 0 Å². The van der Waals surface area contributed by atoms with E-state index in [1.165, 1.54) is 6.07 Å². The zero-order valence-corrected chi connectivity index (χ0v) is 12.6. The smallest absolute Gasteiger partial charge is 0.387 e. The number of carbonyl (C=O) groups excluding carboxylic acids is 1. The minimum Gasteiger partial charge on any atom is -0.434 e. The molecule has 1 fully saturated rings. The lowest BCUT2D eigenvalue weighted by Gasteiger charge is -2.26. The maximum Gasteiger partial charge on any atom is 0.387 e. The molecule has 0 radical (unpaired) electrons. The van der Waals surface area contributed by atoms with Crippen molar-refractivity contribution >= 4 is 5.91 Å². The van der Waals surface area contributed by atoms with E-state index < -0.39 is 6.61 Å². The number of benzene rings is 1. The first kappa shape index (κ1) is 16.7. The van der Waals surface area contributed by atoms with Crippen LogP contribution in [0.25, 0.3) is 0 Å². The Kier molecular flexibility index (Phi) is 6.12. The van der Waals surface area contributed by atoms with Crippen LogP contribution in [-0.4, -0.2) is 25.6 Å². The van der Waals surface area contributed by atoms with Gasteiger partial charge in [-0.15, -0.1) is 0 Å². The van der Waals surface area contributed by atoms with E-state index in [0.29, 0.717) is 12.0 Å². The molecule has 22 heavy (non-hydrogen) atoms. The number of carbonyl (C=O) groups is 1. The van der Waals surface area contributed by atoms with Crippen LogP contribution in [0.2, 0.25) is 0 Å². The number of rotatable bonds is 6. The summed E-state index contributed by atoms with van der Waals surface area (Å²) < 4.78 is 29.6. The minimum atomic E-state index is -2.88. The number of halogens is 2. The molecule has 1 heterocycles. The fourth-order valence-corrected chi connectivity index (χ4v) is 2.75. The van der Waals surface area contributed by atoms with Gasteiger partial charge in [-0.2, -0.15) is 8.78 Å². The summed E-state index contributed by atoms with van der Waals surface area (Å²) in [5, 5.41) is 6.19. The quantitative estimate of drug-likeness (QED) is 0.849. The van der Waals surface area contributed by atoms with E-state index in [-0.39, 0.29) is 23.6 Å². The van der Waals surface area contributed by atoms with Gasteiger partial charge in [-0.3, -0.25) is 4.79 Å². The standard InChI is InChI=1S/C16H22F2N2O2/c1-2-13(20-15(21)11-7-9-19-10-8-11)12-5-3-4-6-14(12)22-16(17)18/h3-6,11,13,16,19H,2,7-10H2,1H3,(H,20,21). The Bertz CT molecular complexity index is 491. The molecule has 1 aromatic rings. The number of nitrogens with one attached hydrogen (secondary N) is 2. The Morgan fingerprint density at radius 3 is 2.68 bits per heavy atom. The van der Waals surface area contributed by atoms with Gasteiger partial charge in [-0.05, 0) is 38.4 Å². The van der Waals surface area contributed by atoms with Gasteiger partial charge in [0, 0.05) is 11.5 Å². The molecule has 122 valence electrons. The van der Waals surface area contributed by atoms with Gasteiger partial charge in [0.15, 0.2) is 0 Å². The fraction of sp³-hybridized carbons (Fsp3) is 0.562. The first-order chi connectivity index (χ1) is 10.6. The Morgan fingerprint density at radius 1 is 1.36 bits per heavy atom. The summed E-state index contributed by atoms with van der Waals surface area (Å²) >= 11 is 0. The summed E-state index contributed by atoms with van der Waals surface area (Å²) in [5.41, 5.74) is 0.590. The van der Waals surface area contributed by atoms with Gasteiger partial charge in [0.05, 0.1) is 6.04 Å². The Morgan fingerprint density at radius 2 is 2.05 bits per heavy atom. The van der Waals surface area contributed by atoms with Gasteiger partial charge in [0.1, 0.15) is 5.75 Å². The van der Waals surface area contributed by atoms with Gasteiger partial charge >= 0.3 is 6.61 Å².